The van der Waals surface area contributed by atoms with Crippen molar-refractivity contribution in [2.75, 3.05) is 20.1 Å². The highest BCUT2D eigenvalue weighted by molar-refractivity contribution is 6.34. The number of carbonyl (C=O) groups is 2. The van der Waals surface area contributed by atoms with Crippen molar-refractivity contribution in [3.8, 4) is 0 Å². The number of likely N-dealkylation sites (tertiary alicyclic amines) is 1. The molecule has 0 unspecified atom stereocenters. The Hall–Kier alpha value is -1.52. The van der Waals surface area contributed by atoms with Crippen molar-refractivity contribution >= 4 is 41.1 Å². The van der Waals surface area contributed by atoms with Gasteiger partial charge in [-0.15, -0.1) is 0 Å². The second kappa shape index (κ2) is 7.65. The minimum absolute atomic E-state index is 0.0876. The van der Waals surface area contributed by atoms with Crippen LogP contribution in [0.15, 0.2) is 23.8 Å². The van der Waals surface area contributed by atoms with E-state index in [1.54, 1.807) is 17.0 Å². The molecule has 0 radical (unpaired) electrons. The largest absolute Gasteiger partial charge is 0.359 e. The highest BCUT2D eigenvalue weighted by Crippen LogP contribution is 2.26. The number of benzene rings is 1. The molecular formula is C16H18Cl2N2O2. The summed E-state index contributed by atoms with van der Waals surface area (Å²) in [5.74, 6) is -0.378. The fourth-order valence-corrected chi connectivity index (χ4v) is 2.72. The van der Waals surface area contributed by atoms with Gasteiger partial charge in [-0.2, -0.15) is 0 Å². The van der Waals surface area contributed by atoms with Crippen LogP contribution in [0.1, 0.15) is 24.8 Å². The Kier molecular flexibility index (Phi) is 5.86. The summed E-state index contributed by atoms with van der Waals surface area (Å²) in [5, 5.41) is 3.77. The number of hydrogen-bond acceptors (Lipinski definition) is 2. The molecule has 22 heavy (non-hydrogen) atoms. The first-order chi connectivity index (χ1) is 10.5. The van der Waals surface area contributed by atoms with E-state index >= 15 is 0 Å². The van der Waals surface area contributed by atoms with Crippen molar-refractivity contribution in [2.45, 2.75) is 19.3 Å². The van der Waals surface area contributed by atoms with Gasteiger partial charge in [-0.3, -0.25) is 9.59 Å². The smallest absolute Gasteiger partial charge is 0.232 e. The molecule has 1 saturated heterocycles. The van der Waals surface area contributed by atoms with E-state index in [1.165, 1.54) is 12.6 Å². The molecular weight excluding hydrogens is 323 g/mol. The van der Waals surface area contributed by atoms with Gasteiger partial charge in [0.25, 0.3) is 0 Å². The Bertz CT molecular complexity index is 604. The molecule has 1 N–H and O–H groups in total. The van der Waals surface area contributed by atoms with E-state index in [0.717, 1.165) is 18.4 Å². The Morgan fingerprint density at radius 1 is 1.27 bits per heavy atom. The first kappa shape index (κ1) is 16.8. The van der Waals surface area contributed by atoms with Gasteiger partial charge in [-0.05, 0) is 36.6 Å². The minimum Gasteiger partial charge on any atom is -0.359 e. The molecule has 1 aromatic rings. The van der Waals surface area contributed by atoms with Gasteiger partial charge in [-0.1, -0.05) is 34.9 Å². The fraction of sp³-hybridized carbons (Fsp3) is 0.375. The van der Waals surface area contributed by atoms with Gasteiger partial charge < -0.3 is 10.2 Å². The Morgan fingerprint density at radius 2 is 1.95 bits per heavy atom. The van der Waals surface area contributed by atoms with Crippen molar-refractivity contribution in [1.82, 2.24) is 10.2 Å². The van der Waals surface area contributed by atoms with Gasteiger partial charge in [0.15, 0.2) is 0 Å². The lowest BCUT2D eigenvalue weighted by Crippen LogP contribution is -2.38. The summed E-state index contributed by atoms with van der Waals surface area (Å²) in [4.78, 5) is 24.9. The molecule has 1 aliphatic heterocycles. The maximum Gasteiger partial charge on any atom is 0.232 e. The van der Waals surface area contributed by atoms with Crippen LogP contribution in [-0.4, -0.2) is 36.9 Å². The van der Waals surface area contributed by atoms with Gasteiger partial charge in [0.1, 0.15) is 6.42 Å². The van der Waals surface area contributed by atoms with Crippen LogP contribution >= 0.6 is 23.2 Å². The van der Waals surface area contributed by atoms with Crippen LogP contribution in [0.5, 0.6) is 0 Å². The van der Waals surface area contributed by atoms with E-state index < -0.39 is 0 Å². The number of amides is 2. The molecule has 0 aromatic heterocycles. The molecule has 118 valence electrons. The summed E-state index contributed by atoms with van der Waals surface area (Å²) in [6.45, 7) is 1.25. The van der Waals surface area contributed by atoms with E-state index in [9.17, 15) is 9.59 Å². The van der Waals surface area contributed by atoms with Crippen molar-refractivity contribution in [1.29, 1.82) is 0 Å². The zero-order valence-electron chi connectivity index (χ0n) is 12.4. The first-order valence-corrected chi connectivity index (χ1v) is 7.88. The number of hydrogen-bond donors (Lipinski definition) is 1. The topological polar surface area (TPSA) is 49.4 Å². The third-order valence-electron chi connectivity index (χ3n) is 3.67. The van der Waals surface area contributed by atoms with E-state index in [2.05, 4.69) is 5.32 Å². The van der Waals surface area contributed by atoms with Crippen LogP contribution in [0, 0.1) is 0 Å². The number of piperidine rings is 1. The van der Waals surface area contributed by atoms with Crippen LogP contribution in [0.4, 0.5) is 0 Å². The monoisotopic (exact) mass is 340 g/mol. The summed E-state index contributed by atoms with van der Waals surface area (Å²) in [5.41, 5.74) is 2.13. The summed E-state index contributed by atoms with van der Waals surface area (Å²) >= 11 is 12.1. The molecule has 1 aliphatic rings. The fourth-order valence-electron chi connectivity index (χ4n) is 2.37. The third kappa shape index (κ3) is 4.49. The van der Waals surface area contributed by atoms with Crippen molar-refractivity contribution in [3.63, 3.8) is 0 Å². The summed E-state index contributed by atoms with van der Waals surface area (Å²) in [7, 11) is 1.53. The molecule has 1 aromatic carbocycles. The molecule has 0 atom stereocenters. The maximum atomic E-state index is 11.9. The Labute approximate surface area is 140 Å². The van der Waals surface area contributed by atoms with Gasteiger partial charge in [0.05, 0.1) is 0 Å². The quantitative estimate of drug-likeness (QED) is 0.859. The zero-order valence-corrected chi connectivity index (χ0v) is 13.9. The summed E-state index contributed by atoms with van der Waals surface area (Å²) in [6.07, 6.45) is 3.51. The average Bonchev–Trinajstić information content (AvgIpc) is 2.51. The van der Waals surface area contributed by atoms with Crippen LogP contribution < -0.4 is 5.32 Å². The highest BCUT2D eigenvalue weighted by Gasteiger charge is 2.20. The van der Waals surface area contributed by atoms with E-state index in [4.69, 9.17) is 23.2 Å². The lowest BCUT2D eigenvalue weighted by atomic mass is 10.0. The maximum absolute atomic E-state index is 11.9. The van der Waals surface area contributed by atoms with E-state index in [-0.39, 0.29) is 18.2 Å². The van der Waals surface area contributed by atoms with E-state index in [1.807, 2.05) is 12.1 Å². The summed E-state index contributed by atoms with van der Waals surface area (Å²) in [6, 6.07) is 5.37. The van der Waals surface area contributed by atoms with Crippen molar-refractivity contribution in [2.24, 2.45) is 0 Å². The van der Waals surface area contributed by atoms with Crippen LogP contribution in [-0.2, 0) is 9.59 Å². The van der Waals surface area contributed by atoms with Gasteiger partial charge in [-0.25, -0.2) is 0 Å². The Balaban J connectivity index is 1.97. The molecule has 0 saturated carbocycles. The second-order valence-corrected chi connectivity index (χ2v) is 6.04. The number of nitrogens with one attached hydrogen (secondary N) is 1. The molecule has 0 aliphatic carbocycles. The van der Waals surface area contributed by atoms with Gasteiger partial charge in [0.2, 0.25) is 11.8 Å². The lowest BCUT2D eigenvalue weighted by Gasteiger charge is -2.28. The molecule has 1 heterocycles. The SMILES string of the molecule is CNC(=O)CC(=O)N1CCC(=Cc2cc(Cl)ccc2Cl)CC1. The number of halogens is 2. The number of carbonyl (C=O) groups excluding carboxylic acids is 2. The van der Waals surface area contributed by atoms with Crippen LogP contribution in [0.2, 0.25) is 10.0 Å². The zero-order chi connectivity index (χ0) is 16.1. The van der Waals surface area contributed by atoms with Crippen LogP contribution in [0.25, 0.3) is 6.08 Å². The van der Waals surface area contributed by atoms with E-state index in [0.29, 0.717) is 23.1 Å². The molecule has 2 rings (SSSR count). The third-order valence-corrected chi connectivity index (χ3v) is 4.25. The molecule has 4 nitrogen and oxygen atoms in total. The molecule has 0 spiro atoms. The summed E-state index contributed by atoms with van der Waals surface area (Å²) < 4.78 is 0. The Morgan fingerprint density at radius 3 is 2.59 bits per heavy atom. The van der Waals surface area contributed by atoms with Crippen LogP contribution in [0.3, 0.4) is 0 Å². The lowest BCUT2D eigenvalue weighted by molar-refractivity contribution is -0.136. The number of rotatable bonds is 3. The molecule has 1 fully saturated rings. The molecule has 0 bridgehead atoms. The second-order valence-electron chi connectivity index (χ2n) is 5.20. The molecule has 6 heteroatoms. The van der Waals surface area contributed by atoms with Crippen molar-refractivity contribution < 1.29 is 9.59 Å². The molecule has 2 amide bonds. The normalized spacial score (nSPS) is 14.7. The number of nitrogens with zero attached hydrogens (tertiary/aromatic N) is 1. The van der Waals surface area contributed by atoms with Crippen molar-refractivity contribution in [3.05, 3.63) is 39.4 Å². The standard InChI is InChI=1S/C16H18Cl2N2O2/c1-19-15(21)10-16(22)20-6-4-11(5-7-20)8-12-9-13(17)2-3-14(12)18/h2-3,8-9H,4-7,10H2,1H3,(H,19,21). The highest BCUT2D eigenvalue weighted by atomic mass is 35.5. The first-order valence-electron chi connectivity index (χ1n) is 7.12. The van der Waals surface area contributed by atoms with Gasteiger partial charge >= 0.3 is 0 Å². The van der Waals surface area contributed by atoms with Gasteiger partial charge in [0, 0.05) is 30.2 Å². The minimum atomic E-state index is -0.253. The predicted molar refractivity (Wildman–Crippen MR) is 88.9 cm³/mol. The average molecular weight is 341 g/mol. The predicted octanol–water partition coefficient (Wildman–Crippen LogP) is 3.14.